The number of unbranched alkanes of at least 4 members (excludes halogenated alkanes) is 5. The van der Waals surface area contributed by atoms with Gasteiger partial charge in [-0.1, -0.05) is 74.1 Å². The highest BCUT2D eigenvalue weighted by Crippen LogP contribution is 2.41. The Balaban J connectivity index is 1.64. The summed E-state index contributed by atoms with van der Waals surface area (Å²) in [5.74, 6) is -1.38. The summed E-state index contributed by atoms with van der Waals surface area (Å²) in [6.07, 6.45) is 16.7. The monoisotopic (exact) mass is 560 g/mol. The van der Waals surface area contributed by atoms with Crippen LogP contribution in [0.15, 0.2) is 64.7 Å². The summed E-state index contributed by atoms with van der Waals surface area (Å²) in [4.78, 5) is 11.5. The lowest BCUT2D eigenvalue weighted by molar-refractivity contribution is -0.438. The molecule has 2 N–H and O–H groups in total. The van der Waals surface area contributed by atoms with Gasteiger partial charge < -0.3 is 10.2 Å². The fourth-order valence-electron chi connectivity index (χ4n) is 5.96. The molecule has 0 radical (unpaired) electrons. The van der Waals surface area contributed by atoms with Gasteiger partial charge in [-0.15, -0.1) is 0 Å². The Hall–Kier alpha value is -3.11. The van der Waals surface area contributed by atoms with Crippen molar-refractivity contribution >= 4 is 35.0 Å². The SMILES string of the molecule is CCCCCCCC[N+]1=C(/C=C/C2=C(Cl)C(=C/c3ccc(O)c(C(=O)O)c3)/CCC2)C(C)(C)c2cc(C)ccc21. The van der Waals surface area contributed by atoms with Gasteiger partial charge in [-0.3, -0.25) is 0 Å². The van der Waals surface area contributed by atoms with Gasteiger partial charge in [0.15, 0.2) is 5.71 Å². The maximum absolute atomic E-state index is 11.5. The van der Waals surface area contributed by atoms with Crippen LogP contribution in [0.5, 0.6) is 5.75 Å². The van der Waals surface area contributed by atoms with Crippen molar-refractivity contribution < 1.29 is 19.6 Å². The first-order chi connectivity index (χ1) is 19.1. The van der Waals surface area contributed by atoms with E-state index in [1.165, 1.54) is 73.2 Å². The zero-order valence-electron chi connectivity index (χ0n) is 24.4. The lowest BCUT2D eigenvalue weighted by Crippen LogP contribution is -2.28. The number of aromatic carboxylic acids is 1. The van der Waals surface area contributed by atoms with Crippen LogP contribution in [0.25, 0.3) is 6.08 Å². The van der Waals surface area contributed by atoms with Crippen LogP contribution in [-0.4, -0.2) is 33.0 Å². The Labute approximate surface area is 244 Å². The van der Waals surface area contributed by atoms with E-state index in [0.717, 1.165) is 47.5 Å². The summed E-state index contributed by atoms with van der Waals surface area (Å²) in [5, 5.41) is 20.0. The minimum Gasteiger partial charge on any atom is -0.507 e. The maximum atomic E-state index is 11.5. The van der Waals surface area contributed by atoms with Crippen molar-refractivity contribution in [1.82, 2.24) is 0 Å². The van der Waals surface area contributed by atoms with Crippen molar-refractivity contribution in [2.24, 2.45) is 0 Å². The first kappa shape index (κ1) is 29.9. The second-order valence-corrected chi connectivity index (χ2v) is 12.1. The van der Waals surface area contributed by atoms with E-state index in [9.17, 15) is 15.0 Å². The molecule has 0 saturated carbocycles. The molecule has 1 heterocycles. The lowest BCUT2D eigenvalue weighted by Gasteiger charge is -2.18. The third-order valence-corrected chi connectivity index (χ3v) is 8.76. The number of nitrogens with zero attached hydrogens (tertiary/aromatic N) is 1. The molecule has 5 heteroatoms. The van der Waals surface area contributed by atoms with Gasteiger partial charge in [0.25, 0.3) is 0 Å². The Bertz CT molecular complexity index is 1390. The van der Waals surface area contributed by atoms with E-state index in [-0.39, 0.29) is 16.7 Å². The minimum atomic E-state index is -1.15. The molecule has 0 atom stereocenters. The van der Waals surface area contributed by atoms with Crippen LogP contribution in [0.3, 0.4) is 0 Å². The fraction of sp³-hybridized carbons (Fsp3) is 0.429. The number of benzene rings is 2. The van der Waals surface area contributed by atoms with E-state index < -0.39 is 5.97 Å². The van der Waals surface area contributed by atoms with Crippen LogP contribution < -0.4 is 0 Å². The summed E-state index contributed by atoms with van der Waals surface area (Å²) in [6, 6.07) is 11.5. The van der Waals surface area contributed by atoms with Crippen molar-refractivity contribution in [3.8, 4) is 5.75 Å². The number of carbonyl (C=O) groups is 1. The molecule has 2 aromatic rings. The number of phenols is 1. The average molecular weight is 561 g/mol. The highest BCUT2D eigenvalue weighted by molar-refractivity contribution is 6.33. The maximum Gasteiger partial charge on any atom is 0.339 e. The van der Waals surface area contributed by atoms with Crippen LogP contribution >= 0.6 is 11.6 Å². The predicted octanol–water partition coefficient (Wildman–Crippen LogP) is 9.45. The van der Waals surface area contributed by atoms with Crippen LogP contribution in [0.1, 0.15) is 106 Å². The number of hydrogen-bond donors (Lipinski definition) is 2. The van der Waals surface area contributed by atoms with Crippen molar-refractivity contribution in [1.29, 1.82) is 0 Å². The second kappa shape index (κ2) is 13.0. The third kappa shape index (κ3) is 6.61. The van der Waals surface area contributed by atoms with Crippen LogP contribution in [0, 0.1) is 6.92 Å². The molecule has 212 valence electrons. The van der Waals surface area contributed by atoms with Crippen LogP contribution in [-0.2, 0) is 5.41 Å². The Kier molecular flexibility index (Phi) is 9.73. The molecule has 0 unspecified atom stereocenters. The predicted molar refractivity (Wildman–Crippen MR) is 166 cm³/mol. The van der Waals surface area contributed by atoms with Gasteiger partial charge in [0.2, 0.25) is 5.69 Å². The van der Waals surface area contributed by atoms with Crippen molar-refractivity contribution in [2.45, 2.75) is 90.9 Å². The largest absolute Gasteiger partial charge is 0.507 e. The van der Waals surface area contributed by atoms with Gasteiger partial charge in [-0.2, -0.15) is 4.58 Å². The quantitative estimate of drug-likeness (QED) is 0.212. The standard InChI is InChI=1S/C35H42ClNO3/c1-5-6-7-8-9-10-20-37-30-17-14-24(2)21-29(30)35(3,4)32(37)19-16-26-12-11-13-27(33(26)36)22-25-15-18-31(38)28(23-25)34(39)40/h14-19,21-23H,5-13,20H2,1-4H3,(H,39,40)/p+1. The molecule has 0 fully saturated rings. The number of carboxylic acid groups (broad SMARTS) is 1. The molecule has 1 aliphatic carbocycles. The average Bonchev–Trinajstić information content (AvgIpc) is 3.12. The topological polar surface area (TPSA) is 60.5 Å². The molecule has 4 rings (SSSR count). The fourth-order valence-corrected chi connectivity index (χ4v) is 6.27. The number of carboxylic acids is 1. The van der Waals surface area contributed by atoms with Gasteiger partial charge in [0.05, 0.1) is 5.41 Å². The van der Waals surface area contributed by atoms with Gasteiger partial charge in [-0.25, -0.2) is 4.79 Å². The molecule has 0 spiro atoms. The Morgan fingerprint density at radius 3 is 2.52 bits per heavy atom. The molecule has 40 heavy (non-hydrogen) atoms. The zero-order valence-corrected chi connectivity index (χ0v) is 25.2. The summed E-state index contributed by atoms with van der Waals surface area (Å²) in [6.45, 7) is 10.1. The molecule has 0 amide bonds. The van der Waals surface area contributed by atoms with E-state index in [4.69, 9.17) is 11.6 Å². The number of rotatable bonds is 11. The number of fused-ring (bicyclic) bond motifs is 1. The number of allylic oxidation sites excluding steroid dienone is 5. The molecule has 4 nitrogen and oxygen atoms in total. The van der Waals surface area contributed by atoms with Crippen molar-refractivity contribution in [2.75, 3.05) is 6.54 Å². The zero-order chi connectivity index (χ0) is 28.9. The van der Waals surface area contributed by atoms with E-state index in [1.807, 2.05) is 6.08 Å². The molecular weight excluding hydrogens is 518 g/mol. The minimum absolute atomic E-state index is 0.106. The van der Waals surface area contributed by atoms with Crippen LogP contribution in [0.4, 0.5) is 5.69 Å². The van der Waals surface area contributed by atoms with Gasteiger partial charge >= 0.3 is 5.97 Å². The van der Waals surface area contributed by atoms with Crippen molar-refractivity contribution in [3.63, 3.8) is 0 Å². The second-order valence-electron chi connectivity index (χ2n) is 11.7. The molecule has 0 aromatic heterocycles. The lowest BCUT2D eigenvalue weighted by atomic mass is 9.80. The van der Waals surface area contributed by atoms with E-state index in [0.29, 0.717) is 0 Å². The number of halogens is 1. The molecule has 2 aliphatic rings. The summed E-state index contributed by atoms with van der Waals surface area (Å²) >= 11 is 6.95. The molecule has 1 aliphatic heterocycles. The molecule has 2 aromatic carbocycles. The first-order valence-corrected chi connectivity index (χ1v) is 15.1. The van der Waals surface area contributed by atoms with Gasteiger partial charge in [0, 0.05) is 29.2 Å². The van der Waals surface area contributed by atoms with Gasteiger partial charge in [0.1, 0.15) is 17.9 Å². The highest BCUT2D eigenvalue weighted by Gasteiger charge is 2.44. The number of aryl methyl sites for hydroxylation is 1. The van der Waals surface area contributed by atoms with Crippen LogP contribution in [0.2, 0.25) is 0 Å². The first-order valence-electron chi connectivity index (χ1n) is 14.7. The normalized spacial score (nSPS) is 17.8. The van der Waals surface area contributed by atoms with E-state index in [1.54, 1.807) is 6.07 Å². The third-order valence-electron chi connectivity index (χ3n) is 8.27. The smallest absolute Gasteiger partial charge is 0.339 e. The molecule has 0 saturated heterocycles. The Morgan fingerprint density at radius 1 is 1.02 bits per heavy atom. The highest BCUT2D eigenvalue weighted by atomic mass is 35.5. The van der Waals surface area contributed by atoms with Crippen molar-refractivity contribution in [3.05, 3.63) is 87.0 Å². The molecular formula is C35H43ClNO3+. The number of hydrogen-bond acceptors (Lipinski definition) is 2. The summed E-state index contributed by atoms with van der Waals surface area (Å²) in [5.41, 5.74) is 7.88. The molecule has 0 bridgehead atoms. The summed E-state index contributed by atoms with van der Waals surface area (Å²) < 4.78 is 2.52. The van der Waals surface area contributed by atoms with Gasteiger partial charge in [-0.05, 0) is 81.4 Å². The van der Waals surface area contributed by atoms with E-state index in [2.05, 4.69) is 62.6 Å². The number of aromatic hydroxyl groups is 1. The summed E-state index contributed by atoms with van der Waals surface area (Å²) in [7, 11) is 0. The van der Waals surface area contributed by atoms with E-state index >= 15 is 0 Å². The Morgan fingerprint density at radius 2 is 1.77 bits per heavy atom.